The molecule has 0 aliphatic carbocycles. The fraction of sp³-hybridized carbons (Fsp3) is 0.190. The standard InChI is InChI=1S/C21H20ClFN2O4S/c22-15-4-3-5-17(14-15)30(27,28)25-13-12-24-21(26)11-9-16-8-10-20(29-16)18-6-1-2-7-19(18)23/h1-8,10,14,25H,9,11-13H2,(H,24,26). The number of benzene rings is 2. The summed E-state index contributed by atoms with van der Waals surface area (Å²) >= 11 is 5.81. The summed E-state index contributed by atoms with van der Waals surface area (Å²) in [5, 5.41) is 2.96. The van der Waals surface area contributed by atoms with Gasteiger partial charge < -0.3 is 9.73 Å². The SMILES string of the molecule is O=C(CCc1ccc(-c2ccccc2F)o1)NCCNS(=O)(=O)c1cccc(Cl)c1. The van der Waals surface area contributed by atoms with Gasteiger partial charge in [-0.15, -0.1) is 0 Å². The molecule has 2 N–H and O–H groups in total. The van der Waals surface area contributed by atoms with Gasteiger partial charge in [0.2, 0.25) is 15.9 Å². The molecule has 0 aliphatic heterocycles. The van der Waals surface area contributed by atoms with Crippen molar-refractivity contribution in [3.05, 3.63) is 77.3 Å². The first-order valence-corrected chi connectivity index (χ1v) is 11.1. The van der Waals surface area contributed by atoms with Gasteiger partial charge in [0.05, 0.1) is 10.5 Å². The Hall–Kier alpha value is -2.68. The van der Waals surface area contributed by atoms with E-state index in [9.17, 15) is 17.6 Å². The number of carbonyl (C=O) groups excluding carboxylic acids is 1. The van der Waals surface area contributed by atoms with E-state index in [0.717, 1.165) is 0 Å². The van der Waals surface area contributed by atoms with Crippen molar-refractivity contribution in [2.75, 3.05) is 13.1 Å². The number of carbonyl (C=O) groups is 1. The van der Waals surface area contributed by atoms with Crippen LogP contribution in [0.5, 0.6) is 0 Å². The van der Waals surface area contributed by atoms with E-state index in [1.54, 1.807) is 42.5 Å². The Balaban J connectivity index is 1.42. The molecular formula is C21H20ClFN2O4S. The summed E-state index contributed by atoms with van der Waals surface area (Å²) in [6.07, 6.45) is 0.500. The van der Waals surface area contributed by atoms with E-state index in [0.29, 0.717) is 28.5 Å². The maximum Gasteiger partial charge on any atom is 0.240 e. The van der Waals surface area contributed by atoms with Crippen LogP contribution in [0, 0.1) is 5.82 Å². The molecule has 30 heavy (non-hydrogen) atoms. The van der Waals surface area contributed by atoms with Crippen molar-refractivity contribution in [1.29, 1.82) is 0 Å². The van der Waals surface area contributed by atoms with Crippen LogP contribution in [-0.4, -0.2) is 27.4 Å². The molecule has 3 rings (SSSR count). The minimum Gasteiger partial charge on any atom is -0.461 e. The average molecular weight is 451 g/mol. The Labute approximate surface area is 179 Å². The molecule has 0 spiro atoms. The van der Waals surface area contributed by atoms with Gasteiger partial charge in [-0.2, -0.15) is 0 Å². The lowest BCUT2D eigenvalue weighted by atomic mass is 10.1. The third-order valence-corrected chi connectivity index (χ3v) is 5.94. The molecule has 9 heteroatoms. The number of halogens is 2. The van der Waals surface area contributed by atoms with Crippen LogP contribution in [0.3, 0.4) is 0 Å². The number of sulfonamides is 1. The minimum atomic E-state index is -3.69. The van der Waals surface area contributed by atoms with Crippen LogP contribution in [-0.2, 0) is 21.2 Å². The molecule has 158 valence electrons. The molecule has 0 radical (unpaired) electrons. The zero-order valence-electron chi connectivity index (χ0n) is 15.9. The van der Waals surface area contributed by atoms with Crippen molar-refractivity contribution >= 4 is 27.5 Å². The van der Waals surface area contributed by atoms with Gasteiger partial charge in [0, 0.05) is 31.0 Å². The molecule has 3 aromatic rings. The first-order chi connectivity index (χ1) is 14.3. The highest BCUT2D eigenvalue weighted by Gasteiger charge is 2.14. The Morgan fingerprint density at radius 1 is 1.03 bits per heavy atom. The topological polar surface area (TPSA) is 88.4 Å². The Morgan fingerprint density at radius 2 is 1.83 bits per heavy atom. The summed E-state index contributed by atoms with van der Waals surface area (Å²) in [7, 11) is -3.69. The molecule has 0 saturated heterocycles. The predicted molar refractivity (Wildman–Crippen MR) is 112 cm³/mol. The maximum atomic E-state index is 13.8. The quantitative estimate of drug-likeness (QED) is 0.486. The van der Waals surface area contributed by atoms with Crippen LogP contribution in [0.1, 0.15) is 12.2 Å². The van der Waals surface area contributed by atoms with Gasteiger partial charge in [0.15, 0.2) is 0 Å². The van der Waals surface area contributed by atoms with Crippen molar-refractivity contribution < 1.29 is 22.0 Å². The van der Waals surface area contributed by atoms with Crippen molar-refractivity contribution in [3.8, 4) is 11.3 Å². The van der Waals surface area contributed by atoms with Gasteiger partial charge in [-0.25, -0.2) is 17.5 Å². The first-order valence-electron chi connectivity index (χ1n) is 9.21. The van der Waals surface area contributed by atoms with E-state index >= 15 is 0 Å². The van der Waals surface area contributed by atoms with E-state index < -0.39 is 10.0 Å². The molecule has 2 aromatic carbocycles. The average Bonchev–Trinajstić information content (AvgIpc) is 3.19. The Morgan fingerprint density at radius 3 is 2.60 bits per heavy atom. The number of hydrogen-bond donors (Lipinski definition) is 2. The fourth-order valence-electron chi connectivity index (χ4n) is 2.75. The first kappa shape index (κ1) is 22.0. The number of nitrogens with one attached hydrogen (secondary N) is 2. The van der Waals surface area contributed by atoms with Crippen LogP contribution >= 0.6 is 11.6 Å². The molecule has 0 aliphatic rings. The molecule has 0 unspecified atom stereocenters. The number of amides is 1. The number of furan rings is 1. The predicted octanol–water partition coefficient (Wildman–Crippen LogP) is 3.77. The summed E-state index contributed by atoms with van der Waals surface area (Å²) in [5.41, 5.74) is 0.361. The molecule has 1 aromatic heterocycles. The number of hydrogen-bond acceptors (Lipinski definition) is 4. The zero-order valence-corrected chi connectivity index (χ0v) is 17.5. The van der Waals surface area contributed by atoms with Crippen LogP contribution < -0.4 is 10.0 Å². The highest BCUT2D eigenvalue weighted by molar-refractivity contribution is 7.89. The van der Waals surface area contributed by atoms with Gasteiger partial charge in [0.25, 0.3) is 0 Å². The van der Waals surface area contributed by atoms with Crippen molar-refractivity contribution in [2.45, 2.75) is 17.7 Å². The van der Waals surface area contributed by atoms with Crippen molar-refractivity contribution in [3.63, 3.8) is 0 Å². The number of aryl methyl sites for hydroxylation is 1. The van der Waals surface area contributed by atoms with Gasteiger partial charge in [-0.05, 0) is 42.5 Å². The largest absolute Gasteiger partial charge is 0.461 e. The second-order valence-electron chi connectivity index (χ2n) is 6.45. The van der Waals surface area contributed by atoms with Crippen LogP contribution in [0.2, 0.25) is 5.02 Å². The second kappa shape index (κ2) is 9.88. The smallest absolute Gasteiger partial charge is 0.240 e. The molecule has 6 nitrogen and oxygen atoms in total. The lowest BCUT2D eigenvalue weighted by Gasteiger charge is -2.08. The Bertz CT molecular complexity index is 1130. The monoisotopic (exact) mass is 450 g/mol. The van der Waals surface area contributed by atoms with Gasteiger partial charge in [0.1, 0.15) is 17.3 Å². The lowest BCUT2D eigenvalue weighted by Crippen LogP contribution is -2.34. The highest BCUT2D eigenvalue weighted by Crippen LogP contribution is 2.25. The second-order valence-corrected chi connectivity index (χ2v) is 8.65. The molecular weight excluding hydrogens is 431 g/mol. The minimum absolute atomic E-state index is 0.0404. The summed E-state index contributed by atoms with van der Waals surface area (Å²) < 4.78 is 46.1. The summed E-state index contributed by atoms with van der Waals surface area (Å²) in [5.74, 6) is 0.334. The fourth-order valence-corrected chi connectivity index (χ4v) is 4.08. The van der Waals surface area contributed by atoms with E-state index in [4.69, 9.17) is 16.0 Å². The Kier molecular flexibility index (Phi) is 7.25. The third-order valence-electron chi connectivity index (χ3n) is 4.25. The van der Waals surface area contributed by atoms with Gasteiger partial charge >= 0.3 is 0 Å². The molecule has 0 fully saturated rings. The van der Waals surface area contributed by atoms with Crippen LogP contribution in [0.4, 0.5) is 4.39 Å². The maximum absolute atomic E-state index is 13.8. The third kappa shape index (κ3) is 5.91. The summed E-state index contributed by atoms with van der Waals surface area (Å²) in [6, 6.07) is 15.6. The van der Waals surface area contributed by atoms with Crippen molar-refractivity contribution in [2.24, 2.45) is 0 Å². The molecule has 1 amide bonds. The molecule has 0 saturated carbocycles. The zero-order chi connectivity index (χ0) is 21.6. The summed E-state index contributed by atoms with van der Waals surface area (Å²) in [4.78, 5) is 12.0. The molecule has 0 bridgehead atoms. The lowest BCUT2D eigenvalue weighted by molar-refractivity contribution is -0.121. The normalized spacial score (nSPS) is 11.4. The van der Waals surface area contributed by atoms with Gasteiger partial charge in [-0.3, -0.25) is 4.79 Å². The van der Waals surface area contributed by atoms with E-state index in [1.165, 1.54) is 18.2 Å². The highest BCUT2D eigenvalue weighted by atomic mass is 35.5. The van der Waals surface area contributed by atoms with Crippen molar-refractivity contribution in [1.82, 2.24) is 10.0 Å². The van der Waals surface area contributed by atoms with E-state index in [2.05, 4.69) is 10.0 Å². The van der Waals surface area contributed by atoms with E-state index in [-0.39, 0.29) is 36.1 Å². The molecule has 1 heterocycles. The van der Waals surface area contributed by atoms with Crippen LogP contribution in [0.15, 0.2) is 70.0 Å². The molecule has 0 atom stereocenters. The van der Waals surface area contributed by atoms with Crippen LogP contribution in [0.25, 0.3) is 11.3 Å². The number of rotatable bonds is 9. The summed E-state index contributed by atoms with van der Waals surface area (Å²) in [6.45, 7) is 0.177. The van der Waals surface area contributed by atoms with E-state index in [1.807, 2.05) is 0 Å². The van der Waals surface area contributed by atoms with Gasteiger partial charge in [-0.1, -0.05) is 29.8 Å².